The second kappa shape index (κ2) is 7.06. The molecule has 5 nitrogen and oxygen atoms in total. The lowest BCUT2D eigenvalue weighted by Gasteiger charge is -2.05. The summed E-state index contributed by atoms with van der Waals surface area (Å²) in [6.45, 7) is 3.97. The smallest absolute Gasteiger partial charge is 0.355 e. The molecule has 0 aliphatic heterocycles. The van der Waals surface area contributed by atoms with Gasteiger partial charge in [-0.1, -0.05) is 0 Å². The first-order valence-corrected chi connectivity index (χ1v) is 7.19. The van der Waals surface area contributed by atoms with Crippen molar-refractivity contribution in [1.82, 2.24) is 4.98 Å². The van der Waals surface area contributed by atoms with Gasteiger partial charge in [-0.05, 0) is 44.0 Å². The molecule has 0 aliphatic rings. The molecular weight excluding hydrogens is 289 g/mol. The number of aryl methyl sites for hydroxylation is 1. The SMILES string of the molecule is CCOC(=O)CCc1c(C(=O)OCC)[nH]c2ccc(F)cc12. The number of fused-ring (bicyclic) bond motifs is 1. The highest BCUT2D eigenvalue weighted by Crippen LogP contribution is 2.25. The number of rotatable bonds is 6. The average Bonchev–Trinajstić information content (AvgIpc) is 2.83. The molecule has 0 saturated carbocycles. The summed E-state index contributed by atoms with van der Waals surface area (Å²) in [7, 11) is 0. The van der Waals surface area contributed by atoms with Crippen LogP contribution in [0.2, 0.25) is 0 Å². The molecule has 0 atom stereocenters. The topological polar surface area (TPSA) is 68.4 Å². The van der Waals surface area contributed by atoms with Crippen LogP contribution in [0.25, 0.3) is 10.9 Å². The molecule has 0 radical (unpaired) electrons. The molecule has 0 amide bonds. The fourth-order valence-corrected chi connectivity index (χ4v) is 2.32. The molecule has 6 heteroatoms. The number of carbonyl (C=O) groups is 2. The van der Waals surface area contributed by atoms with Crippen molar-refractivity contribution in [3.63, 3.8) is 0 Å². The number of esters is 2. The van der Waals surface area contributed by atoms with Crippen LogP contribution in [0.5, 0.6) is 0 Å². The van der Waals surface area contributed by atoms with Crippen molar-refractivity contribution in [2.24, 2.45) is 0 Å². The van der Waals surface area contributed by atoms with Crippen molar-refractivity contribution in [2.75, 3.05) is 13.2 Å². The average molecular weight is 307 g/mol. The summed E-state index contributed by atoms with van der Waals surface area (Å²) in [4.78, 5) is 26.5. The number of aromatic amines is 1. The van der Waals surface area contributed by atoms with E-state index in [-0.39, 0.29) is 31.1 Å². The van der Waals surface area contributed by atoms with Gasteiger partial charge in [0.15, 0.2) is 0 Å². The van der Waals surface area contributed by atoms with Crippen molar-refractivity contribution >= 4 is 22.8 Å². The summed E-state index contributed by atoms with van der Waals surface area (Å²) in [6.07, 6.45) is 0.389. The standard InChI is InChI=1S/C16H18FNO4/c1-3-21-14(19)8-6-11-12-9-10(17)5-7-13(12)18-15(11)16(20)22-4-2/h5,7,9,18H,3-4,6,8H2,1-2H3. The van der Waals surface area contributed by atoms with Crippen molar-refractivity contribution in [1.29, 1.82) is 0 Å². The molecule has 1 N–H and O–H groups in total. The number of hydrogen-bond donors (Lipinski definition) is 1. The molecule has 0 spiro atoms. The molecule has 2 aromatic rings. The van der Waals surface area contributed by atoms with Crippen molar-refractivity contribution in [3.05, 3.63) is 35.3 Å². The van der Waals surface area contributed by atoms with Gasteiger partial charge in [0, 0.05) is 17.3 Å². The van der Waals surface area contributed by atoms with E-state index in [4.69, 9.17) is 9.47 Å². The van der Waals surface area contributed by atoms with E-state index in [1.54, 1.807) is 19.9 Å². The Morgan fingerprint density at radius 3 is 2.59 bits per heavy atom. The van der Waals surface area contributed by atoms with Crippen LogP contribution in [0, 0.1) is 5.82 Å². The molecular formula is C16H18FNO4. The lowest BCUT2D eigenvalue weighted by atomic mass is 10.1. The minimum absolute atomic E-state index is 0.115. The maximum absolute atomic E-state index is 13.5. The van der Waals surface area contributed by atoms with Gasteiger partial charge in [-0.15, -0.1) is 0 Å². The summed E-state index contributed by atoms with van der Waals surface area (Å²) >= 11 is 0. The van der Waals surface area contributed by atoms with E-state index in [0.29, 0.717) is 23.1 Å². The molecule has 0 aliphatic carbocycles. The first-order chi connectivity index (χ1) is 10.6. The number of carbonyl (C=O) groups excluding carboxylic acids is 2. The largest absolute Gasteiger partial charge is 0.466 e. The van der Waals surface area contributed by atoms with Crippen LogP contribution < -0.4 is 0 Å². The van der Waals surface area contributed by atoms with Crippen LogP contribution >= 0.6 is 0 Å². The van der Waals surface area contributed by atoms with Gasteiger partial charge in [0.05, 0.1) is 13.2 Å². The monoisotopic (exact) mass is 307 g/mol. The fourth-order valence-electron chi connectivity index (χ4n) is 2.32. The second-order valence-electron chi connectivity index (χ2n) is 4.69. The van der Waals surface area contributed by atoms with Crippen LogP contribution in [0.1, 0.15) is 36.3 Å². The van der Waals surface area contributed by atoms with Gasteiger partial charge < -0.3 is 14.5 Å². The highest BCUT2D eigenvalue weighted by molar-refractivity contribution is 5.98. The van der Waals surface area contributed by atoms with E-state index in [9.17, 15) is 14.0 Å². The van der Waals surface area contributed by atoms with Gasteiger partial charge in [-0.25, -0.2) is 9.18 Å². The Morgan fingerprint density at radius 2 is 1.91 bits per heavy atom. The first kappa shape index (κ1) is 16.0. The molecule has 0 bridgehead atoms. The maximum Gasteiger partial charge on any atom is 0.355 e. The van der Waals surface area contributed by atoms with Gasteiger partial charge in [-0.3, -0.25) is 4.79 Å². The number of H-pyrrole nitrogens is 1. The number of benzene rings is 1. The van der Waals surface area contributed by atoms with Gasteiger partial charge in [0.2, 0.25) is 0 Å². The highest BCUT2D eigenvalue weighted by Gasteiger charge is 2.20. The van der Waals surface area contributed by atoms with Gasteiger partial charge in [0.1, 0.15) is 11.5 Å². The van der Waals surface area contributed by atoms with Gasteiger partial charge in [-0.2, -0.15) is 0 Å². The third-order valence-corrected chi connectivity index (χ3v) is 3.23. The van der Waals surface area contributed by atoms with E-state index in [1.807, 2.05) is 0 Å². The van der Waals surface area contributed by atoms with Crippen molar-refractivity contribution in [3.8, 4) is 0 Å². The van der Waals surface area contributed by atoms with Gasteiger partial charge >= 0.3 is 11.9 Å². The van der Waals surface area contributed by atoms with E-state index in [0.717, 1.165) is 0 Å². The number of aromatic nitrogens is 1. The Balaban J connectivity index is 2.38. The lowest BCUT2D eigenvalue weighted by molar-refractivity contribution is -0.143. The lowest BCUT2D eigenvalue weighted by Crippen LogP contribution is -2.10. The predicted octanol–water partition coefficient (Wildman–Crippen LogP) is 2.98. The fraction of sp³-hybridized carbons (Fsp3) is 0.375. The molecule has 0 unspecified atom stereocenters. The number of nitrogens with one attached hydrogen (secondary N) is 1. The maximum atomic E-state index is 13.5. The van der Waals surface area contributed by atoms with Crippen LogP contribution in [-0.4, -0.2) is 30.1 Å². The third kappa shape index (κ3) is 3.44. The van der Waals surface area contributed by atoms with Crippen LogP contribution in [-0.2, 0) is 20.7 Å². The highest BCUT2D eigenvalue weighted by atomic mass is 19.1. The summed E-state index contributed by atoms with van der Waals surface area (Å²) in [6, 6.07) is 4.21. The predicted molar refractivity (Wildman–Crippen MR) is 79.2 cm³/mol. The zero-order valence-electron chi connectivity index (χ0n) is 12.6. The van der Waals surface area contributed by atoms with E-state index in [1.165, 1.54) is 12.1 Å². The molecule has 0 saturated heterocycles. The number of halogens is 1. The van der Waals surface area contributed by atoms with Crippen molar-refractivity contribution in [2.45, 2.75) is 26.7 Å². The van der Waals surface area contributed by atoms with Crippen molar-refractivity contribution < 1.29 is 23.5 Å². The van der Waals surface area contributed by atoms with Crippen LogP contribution in [0.4, 0.5) is 4.39 Å². The normalized spacial score (nSPS) is 10.7. The number of ether oxygens (including phenoxy) is 2. The first-order valence-electron chi connectivity index (χ1n) is 7.19. The number of hydrogen-bond acceptors (Lipinski definition) is 4. The van der Waals surface area contributed by atoms with E-state index in [2.05, 4.69) is 4.98 Å². The summed E-state index contributed by atoms with van der Waals surface area (Å²) in [5, 5.41) is 0.576. The minimum Gasteiger partial charge on any atom is -0.466 e. The Hall–Kier alpha value is -2.37. The molecule has 1 aromatic carbocycles. The summed E-state index contributed by atoms with van der Waals surface area (Å²) in [5.41, 5.74) is 1.45. The molecule has 2 rings (SSSR count). The Bertz CT molecular complexity index is 693. The minimum atomic E-state index is -0.516. The molecule has 1 aromatic heterocycles. The quantitative estimate of drug-likeness (QED) is 0.833. The molecule has 118 valence electrons. The third-order valence-electron chi connectivity index (χ3n) is 3.23. The molecule has 1 heterocycles. The second-order valence-corrected chi connectivity index (χ2v) is 4.69. The zero-order chi connectivity index (χ0) is 16.1. The Kier molecular flexibility index (Phi) is 5.14. The van der Waals surface area contributed by atoms with Crippen LogP contribution in [0.15, 0.2) is 18.2 Å². The Morgan fingerprint density at radius 1 is 1.18 bits per heavy atom. The summed E-state index contributed by atoms with van der Waals surface area (Å²) in [5.74, 6) is -1.28. The van der Waals surface area contributed by atoms with E-state index < -0.39 is 11.8 Å². The van der Waals surface area contributed by atoms with E-state index >= 15 is 0 Å². The summed E-state index contributed by atoms with van der Waals surface area (Å²) < 4.78 is 23.4. The Labute approximate surface area is 127 Å². The van der Waals surface area contributed by atoms with Gasteiger partial charge in [0.25, 0.3) is 0 Å². The molecule has 22 heavy (non-hydrogen) atoms. The zero-order valence-corrected chi connectivity index (χ0v) is 12.6. The molecule has 0 fully saturated rings. The van der Waals surface area contributed by atoms with Crippen LogP contribution in [0.3, 0.4) is 0 Å².